The van der Waals surface area contributed by atoms with Gasteiger partial charge in [-0.25, -0.2) is 0 Å². The van der Waals surface area contributed by atoms with E-state index in [0.29, 0.717) is 12.1 Å². The van der Waals surface area contributed by atoms with Crippen molar-refractivity contribution in [3.8, 4) is 0 Å². The van der Waals surface area contributed by atoms with Crippen LogP contribution in [0.4, 0.5) is 11.4 Å². The Kier molecular flexibility index (Phi) is 7.25. The number of carbonyl (C=O) groups excluding carboxylic acids is 2. The van der Waals surface area contributed by atoms with E-state index in [9.17, 15) is 9.59 Å². The molecule has 1 aliphatic rings. The van der Waals surface area contributed by atoms with Gasteiger partial charge in [-0.2, -0.15) is 0 Å². The van der Waals surface area contributed by atoms with Gasteiger partial charge in [-0.05, 0) is 43.2 Å². The van der Waals surface area contributed by atoms with Crippen molar-refractivity contribution in [2.75, 3.05) is 36.5 Å². The van der Waals surface area contributed by atoms with E-state index in [1.165, 1.54) is 0 Å². The zero-order valence-electron chi connectivity index (χ0n) is 17.0. The van der Waals surface area contributed by atoms with Crippen LogP contribution >= 0.6 is 0 Å². The van der Waals surface area contributed by atoms with Crippen molar-refractivity contribution in [2.24, 2.45) is 0 Å². The zero-order valence-corrected chi connectivity index (χ0v) is 17.0. The van der Waals surface area contributed by atoms with Gasteiger partial charge in [0.15, 0.2) is 6.10 Å². The first-order valence-electron chi connectivity index (χ1n) is 10.1. The summed E-state index contributed by atoms with van der Waals surface area (Å²) in [6.45, 7) is 6.69. The monoisotopic (exact) mass is 396 g/mol. The minimum atomic E-state index is -0.876. The summed E-state index contributed by atoms with van der Waals surface area (Å²) in [5.74, 6) is -1.11. The largest absolute Gasteiger partial charge is 0.452 e. The van der Waals surface area contributed by atoms with Crippen LogP contribution < -0.4 is 10.2 Å². The summed E-state index contributed by atoms with van der Waals surface area (Å²) in [6.07, 6.45) is -0.264. The van der Waals surface area contributed by atoms with Gasteiger partial charge < -0.3 is 19.7 Å². The second-order valence-electron chi connectivity index (χ2n) is 7.09. The number of hydrogen-bond donors (Lipinski definition) is 1. The highest BCUT2D eigenvalue weighted by Crippen LogP contribution is 2.22. The standard InChI is InChI=1S/C23H28N2O4/c1-3-21(18-7-5-4-6-8-18)23(27)29-17(2)22(26)24-19-9-11-20(12-10-19)25-13-15-28-16-14-25/h4-12,17,21H,3,13-16H2,1-2H3,(H,24,26). The van der Waals surface area contributed by atoms with Crippen molar-refractivity contribution < 1.29 is 19.1 Å². The van der Waals surface area contributed by atoms with Gasteiger partial charge in [0.25, 0.3) is 5.91 Å². The van der Waals surface area contributed by atoms with E-state index in [1.54, 1.807) is 6.92 Å². The lowest BCUT2D eigenvalue weighted by Gasteiger charge is -2.29. The molecule has 1 amide bonds. The van der Waals surface area contributed by atoms with Crippen LogP contribution in [-0.4, -0.2) is 44.3 Å². The van der Waals surface area contributed by atoms with Crippen molar-refractivity contribution in [3.63, 3.8) is 0 Å². The molecule has 0 spiro atoms. The fraction of sp³-hybridized carbons (Fsp3) is 0.391. The maximum absolute atomic E-state index is 12.5. The van der Waals surface area contributed by atoms with Crippen molar-refractivity contribution in [3.05, 3.63) is 60.2 Å². The van der Waals surface area contributed by atoms with Gasteiger partial charge in [-0.15, -0.1) is 0 Å². The van der Waals surface area contributed by atoms with Crippen LogP contribution in [0.1, 0.15) is 31.7 Å². The number of nitrogens with one attached hydrogen (secondary N) is 1. The molecular formula is C23H28N2O4. The highest BCUT2D eigenvalue weighted by Gasteiger charge is 2.25. The Labute approximate surface area is 171 Å². The molecule has 1 aliphatic heterocycles. The number of esters is 1. The minimum Gasteiger partial charge on any atom is -0.452 e. The Morgan fingerprint density at radius 2 is 1.72 bits per heavy atom. The van der Waals surface area contributed by atoms with Crippen LogP contribution in [0.3, 0.4) is 0 Å². The quantitative estimate of drug-likeness (QED) is 0.725. The van der Waals surface area contributed by atoms with Gasteiger partial charge in [-0.1, -0.05) is 37.3 Å². The molecule has 1 heterocycles. The molecule has 0 aromatic heterocycles. The van der Waals surface area contributed by atoms with Gasteiger partial charge in [0.1, 0.15) is 0 Å². The van der Waals surface area contributed by atoms with Crippen LogP contribution in [0.25, 0.3) is 0 Å². The maximum Gasteiger partial charge on any atom is 0.314 e. The highest BCUT2D eigenvalue weighted by atomic mass is 16.5. The van der Waals surface area contributed by atoms with Gasteiger partial charge >= 0.3 is 5.97 Å². The number of rotatable bonds is 7. The summed E-state index contributed by atoms with van der Waals surface area (Å²) in [6, 6.07) is 17.1. The van der Waals surface area contributed by atoms with E-state index in [1.807, 2.05) is 61.5 Å². The third kappa shape index (κ3) is 5.57. The lowest BCUT2D eigenvalue weighted by Crippen LogP contribution is -2.36. The summed E-state index contributed by atoms with van der Waals surface area (Å²) < 4.78 is 10.8. The number of ether oxygens (including phenoxy) is 2. The molecule has 0 bridgehead atoms. The fourth-order valence-electron chi connectivity index (χ4n) is 3.35. The SMILES string of the molecule is CCC(C(=O)OC(C)C(=O)Nc1ccc(N2CCOCC2)cc1)c1ccccc1. The number of nitrogens with zero attached hydrogens (tertiary/aromatic N) is 1. The molecule has 29 heavy (non-hydrogen) atoms. The molecule has 6 heteroatoms. The smallest absolute Gasteiger partial charge is 0.314 e. The van der Waals surface area contributed by atoms with Gasteiger partial charge in [0.05, 0.1) is 19.1 Å². The average Bonchev–Trinajstić information content (AvgIpc) is 2.76. The second-order valence-corrected chi connectivity index (χ2v) is 7.09. The molecule has 0 radical (unpaired) electrons. The third-order valence-electron chi connectivity index (χ3n) is 5.07. The minimum absolute atomic E-state index is 0.347. The highest BCUT2D eigenvalue weighted by molar-refractivity contribution is 5.95. The molecule has 2 unspecified atom stereocenters. The van der Waals surface area contributed by atoms with E-state index in [4.69, 9.17) is 9.47 Å². The summed E-state index contributed by atoms with van der Waals surface area (Å²) >= 11 is 0. The van der Waals surface area contributed by atoms with Crippen molar-refractivity contribution in [1.82, 2.24) is 0 Å². The summed E-state index contributed by atoms with van der Waals surface area (Å²) in [4.78, 5) is 27.3. The Hall–Kier alpha value is -2.86. The first kappa shape index (κ1) is 20.9. The Bertz CT molecular complexity index is 801. The van der Waals surface area contributed by atoms with E-state index >= 15 is 0 Å². The predicted molar refractivity (Wildman–Crippen MR) is 113 cm³/mol. The van der Waals surface area contributed by atoms with Crippen molar-refractivity contribution in [2.45, 2.75) is 32.3 Å². The Morgan fingerprint density at radius 3 is 2.34 bits per heavy atom. The van der Waals surface area contributed by atoms with Crippen LogP contribution in [0.5, 0.6) is 0 Å². The number of morpholine rings is 1. The summed E-state index contributed by atoms with van der Waals surface area (Å²) in [7, 11) is 0. The first-order valence-corrected chi connectivity index (χ1v) is 10.1. The van der Waals surface area contributed by atoms with E-state index in [2.05, 4.69) is 10.2 Å². The molecular weight excluding hydrogens is 368 g/mol. The van der Waals surface area contributed by atoms with Crippen LogP contribution in [0, 0.1) is 0 Å². The normalized spacial score (nSPS) is 16.0. The van der Waals surface area contributed by atoms with Gasteiger partial charge in [-0.3, -0.25) is 9.59 Å². The topological polar surface area (TPSA) is 67.9 Å². The molecule has 3 rings (SSSR count). The van der Waals surface area contributed by atoms with Crippen LogP contribution in [-0.2, 0) is 19.1 Å². The summed E-state index contributed by atoms with van der Waals surface area (Å²) in [5.41, 5.74) is 2.66. The third-order valence-corrected chi connectivity index (χ3v) is 5.07. The van der Waals surface area contributed by atoms with Crippen molar-refractivity contribution in [1.29, 1.82) is 0 Å². The zero-order chi connectivity index (χ0) is 20.6. The molecule has 1 N–H and O–H groups in total. The molecule has 6 nitrogen and oxygen atoms in total. The molecule has 1 fully saturated rings. The predicted octanol–water partition coefficient (Wildman–Crippen LogP) is 3.59. The second kappa shape index (κ2) is 10.1. The molecule has 0 aliphatic carbocycles. The number of anilines is 2. The van der Waals surface area contributed by atoms with Crippen LogP contribution in [0.15, 0.2) is 54.6 Å². The first-order chi connectivity index (χ1) is 14.1. The number of benzene rings is 2. The number of amides is 1. The number of hydrogen-bond acceptors (Lipinski definition) is 5. The molecule has 2 aromatic carbocycles. The fourth-order valence-corrected chi connectivity index (χ4v) is 3.35. The molecule has 1 saturated heterocycles. The Morgan fingerprint density at radius 1 is 1.07 bits per heavy atom. The van der Waals surface area contributed by atoms with Gasteiger partial charge in [0.2, 0.25) is 0 Å². The van der Waals surface area contributed by atoms with E-state index in [0.717, 1.165) is 37.6 Å². The Balaban J connectivity index is 1.55. The van der Waals surface area contributed by atoms with Crippen LogP contribution in [0.2, 0.25) is 0 Å². The number of carbonyl (C=O) groups is 2. The molecule has 2 aromatic rings. The maximum atomic E-state index is 12.5. The average molecular weight is 396 g/mol. The van der Waals surface area contributed by atoms with Gasteiger partial charge in [0, 0.05) is 24.5 Å². The van der Waals surface area contributed by atoms with E-state index < -0.39 is 6.10 Å². The summed E-state index contributed by atoms with van der Waals surface area (Å²) in [5, 5.41) is 2.81. The van der Waals surface area contributed by atoms with E-state index in [-0.39, 0.29) is 17.8 Å². The van der Waals surface area contributed by atoms with Crippen molar-refractivity contribution >= 4 is 23.3 Å². The lowest BCUT2D eigenvalue weighted by molar-refractivity contribution is -0.154. The lowest BCUT2D eigenvalue weighted by atomic mass is 9.97. The molecule has 2 atom stereocenters. The molecule has 0 saturated carbocycles. The molecule has 154 valence electrons.